The van der Waals surface area contributed by atoms with Crippen LogP contribution in [0.25, 0.3) is 0 Å². The van der Waals surface area contributed by atoms with Crippen LogP contribution in [0.2, 0.25) is 0 Å². The first kappa shape index (κ1) is 21.7. The standard InChI is InChI=1S/C22H26FN3O4S/c1-30-19-7-8-20-21(27)16-26(31(28,29)22(20)15-19)10-2-9-24-11-13-25(14-12-24)18-5-3-17(23)4-6-18/h3-8,15H,2,9-14,16H2,1H3. The minimum Gasteiger partial charge on any atom is -0.497 e. The van der Waals surface area contributed by atoms with E-state index in [1.165, 1.54) is 35.7 Å². The zero-order valence-electron chi connectivity index (χ0n) is 17.5. The van der Waals surface area contributed by atoms with Crippen LogP contribution in [0.5, 0.6) is 5.75 Å². The Morgan fingerprint density at radius 2 is 1.71 bits per heavy atom. The predicted octanol–water partition coefficient (Wildman–Crippen LogP) is 2.23. The Hall–Kier alpha value is -2.49. The van der Waals surface area contributed by atoms with Gasteiger partial charge >= 0.3 is 0 Å². The molecule has 166 valence electrons. The van der Waals surface area contributed by atoms with Crippen LogP contribution >= 0.6 is 0 Å². The van der Waals surface area contributed by atoms with E-state index in [4.69, 9.17) is 4.74 Å². The van der Waals surface area contributed by atoms with Crippen LogP contribution in [0.3, 0.4) is 0 Å². The van der Waals surface area contributed by atoms with E-state index in [1.807, 2.05) is 0 Å². The first-order valence-electron chi connectivity index (χ1n) is 10.3. The maximum absolute atomic E-state index is 13.1. The van der Waals surface area contributed by atoms with Crippen LogP contribution in [0.1, 0.15) is 16.8 Å². The zero-order chi connectivity index (χ0) is 22.0. The molecule has 4 rings (SSSR count). The van der Waals surface area contributed by atoms with Crippen molar-refractivity contribution in [2.24, 2.45) is 0 Å². The highest BCUT2D eigenvalue weighted by Gasteiger charge is 2.36. The summed E-state index contributed by atoms with van der Waals surface area (Å²) in [5, 5.41) is 0. The number of halogens is 1. The number of benzene rings is 2. The van der Waals surface area contributed by atoms with Crippen LogP contribution in [0.15, 0.2) is 47.4 Å². The van der Waals surface area contributed by atoms with E-state index in [1.54, 1.807) is 18.2 Å². The molecule has 0 unspecified atom stereocenters. The summed E-state index contributed by atoms with van der Waals surface area (Å²) < 4.78 is 45.5. The molecule has 0 N–H and O–H groups in total. The Bertz CT molecular complexity index is 1050. The Labute approximate surface area is 182 Å². The van der Waals surface area contributed by atoms with Gasteiger partial charge in [-0.1, -0.05) is 0 Å². The van der Waals surface area contributed by atoms with Crippen LogP contribution in [-0.4, -0.2) is 76.3 Å². The van der Waals surface area contributed by atoms with E-state index in [-0.39, 0.29) is 28.6 Å². The number of piperazine rings is 1. The molecule has 2 aliphatic heterocycles. The fourth-order valence-corrected chi connectivity index (χ4v) is 5.75. The molecule has 0 amide bonds. The predicted molar refractivity (Wildman–Crippen MR) is 116 cm³/mol. The van der Waals surface area contributed by atoms with E-state index in [2.05, 4.69) is 9.80 Å². The Morgan fingerprint density at radius 1 is 1.00 bits per heavy atom. The molecule has 1 fully saturated rings. The summed E-state index contributed by atoms with van der Waals surface area (Å²) in [4.78, 5) is 17.0. The van der Waals surface area contributed by atoms with Crippen molar-refractivity contribution in [3.63, 3.8) is 0 Å². The van der Waals surface area contributed by atoms with Crippen molar-refractivity contribution < 1.29 is 22.3 Å². The topological polar surface area (TPSA) is 70.2 Å². The van der Waals surface area contributed by atoms with Gasteiger partial charge in [0.05, 0.1) is 18.6 Å². The number of carbonyl (C=O) groups excluding carboxylic acids is 1. The molecule has 1 saturated heterocycles. The maximum Gasteiger partial charge on any atom is 0.244 e. The number of rotatable bonds is 6. The number of anilines is 1. The number of methoxy groups -OCH3 is 1. The minimum absolute atomic E-state index is 0.0241. The molecule has 0 aliphatic carbocycles. The minimum atomic E-state index is -3.72. The van der Waals surface area contributed by atoms with E-state index < -0.39 is 10.0 Å². The third-order valence-electron chi connectivity index (χ3n) is 5.87. The smallest absolute Gasteiger partial charge is 0.244 e. The van der Waals surface area contributed by atoms with Gasteiger partial charge in [0.25, 0.3) is 0 Å². The van der Waals surface area contributed by atoms with Gasteiger partial charge in [0.2, 0.25) is 10.0 Å². The van der Waals surface area contributed by atoms with Gasteiger partial charge in [-0.05, 0) is 49.4 Å². The number of ketones is 1. The average Bonchev–Trinajstić information content (AvgIpc) is 2.78. The lowest BCUT2D eigenvalue weighted by molar-refractivity contribution is 0.0954. The normalized spacial score (nSPS) is 19.3. The van der Waals surface area contributed by atoms with Gasteiger partial charge in [0, 0.05) is 50.0 Å². The summed E-state index contributed by atoms with van der Waals surface area (Å²) in [7, 11) is -2.26. The van der Waals surface area contributed by atoms with Crippen molar-refractivity contribution in [3.05, 3.63) is 53.8 Å². The third-order valence-corrected chi connectivity index (χ3v) is 7.76. The molecule has 0 atom stereocenters. The molecule has 0 bridgehead atoms. The molecule has 0 aromatic heterocycles. The highest BCUT2D eigenvalue weighted by molar-refractivity contribution is 7.89. The van der Waals surface area contributed by atoms with Crippen LogP contribution in [-0.2, 0) is 10.0 Å². The Balaban J connectivity index is 1.32. The summed E-state index contributed by atoms with van der Waals surface area (Å²) in [6.45, 7) is 4.29. The first-order valence-corrected chi connectivity index (χ1v) is 11.8. The Morgan fingerprint density at radius 3 is 2.39 bits per heavy atom. The van der Waals surface area contributed by atoms with Gasteiger partial charge < -0.3 is 9.64 Å². The lowest BCUT2D eigenvalue weighted by Gasteiger charge is -2.36. The number of hydrogen-bond donors (Lipinski definition) is 0. The average molecular weight is 448 g/mol. The molecular formula is C22H26FN3O4S. The van der Waals surface area contributed by atoms with Crippen molar-refractivity contribution in [1.29, 1.82) is 0 Å². The number of Topliss-reactive ketones (excluding diaryl/α,β-unsaturated/α-hetero) is 1. The summed E-state index contributed by atoms with van der Waals surface area (Å²) in [5.41, 5.74) is 1.24. The molecule has 31 heavy (non-hydrogen) atoms. The number of sulfonamides is 1. The largest absolute Gasteiger partial charge is 0.497 e. The first-order chi connectivity index (χ1) is 14.9. The number of ether oxygens (including phenoxy) is 1. The number of nitrogens with zero attached hydrogens (tertiary/aromatic N) is 3. The highest BCUT2D eigenvalue weighted by atomic mass is 32.2. The van der Waals surface area contributed by atoms with Gasteiger partial charge in [-0.2, -0.15) is 4.31 Å². The molecule has 9 heteroatoms. The van der Waals surface area contributed by atoms with Gasteiger partial charge in [-0.15, -0.1) is 0 Å². The quantitative estimate of drug-likeness (QED) is 0.677. The van der Waals surface area contributed by atoms with Crippen molar-refractivity contribution in [3.8, 4) is 5.75 Å². The second kappa shape index (κ2) is 8.94. The summed E-state index contributed by atoms with van der Waals surface area (Å²) in [6, 6.07) is 11.1. The lowest BCUT2D eigenvalue weighted by Crippen LogP contribution is -2.47. The van der Waals surface area contributed by atoms with Gasteiger partial charge in [-0.3, -0.25) is 9.69 Å². The lowest BCUT2D eigenvalue weighted by atomic mass is 10.1. The van der Waals surface area contributed by atoms with E-state index >= 15 is 0 Å². The van der Waals surface area contributed by atoms with Gasteiger partial charge in [0.1, 0.15) is 11.6 Å². The fourth-order valence-electron chi connectivity index (χ4n) is 4.09. The third kappa shape index (κ3) is 4.58. The van der Waals surface area contributed by atoms with E-state index in [9.17, 15) is 17.6 Å². The summed E-state index contributed by atoms with van der Waals surface area (Å²) in [6.07, 6.45) is 0.641. The molecule has 0 spiro atoms. The molecule has 7 nitrogen and oxygen atoms in total. The van der Waals surface area contributed by atoms with Crippen LogP contribution < -0.4 is 9.64 Å². The SMILES string of the molecule is COc1ccc2c(c1)S(=O)(=O)N(CCCN1CCN(c3ccc(F)cc3)CC1)CC2=O. The van der Waals surface area contributed by atoms with Gasteiger partial charge in [-0.25, -0.2) is 12.8 Å². The zero-order valence-corrected chi connectivity index (χ0v) is 18.3. The van der Waals surface area contributed by atoms with Crippen molar-refractivity contribution in [2.45, 2.75) is 11.3 Å². The fraction of sp³-hybridized carbons (Fsp3) is 0.409. The van der Waals surface area contributed by atoms with Crippen molar-refractivity contribution in [2.75, 3.05) is 57.8 Å². The molecular weight excluding hydrogens is 421 g/mol. The molecule has 2 heterocycles. The Kier molecular flexibility index (Phi) is 6.27. The summed E-state index contributed by atoms with van der Waals surface area (Å²) in [5.74, 6) is -0.0222. The van der Waals surface area contributed by atoms with Gasteiger partial charge in [0.15, 0.2) is 5.78 Å². The molecule has 2 aromatic rings. The van der Waals surface area contributed by atoms with Crippen molar-refractivity contribution >= 4 is 21.5 Å². The van der Waals surface area contributed by atoms with Crippen molar-refractivity contribution in [1.82, 2.24) is 9.21 Å². The second-order valence-electron chi connectivity index (χ2n) is 7.78. The molecule has 2 aliphatic rings. The number of hydrogen-bond acceptors (Lipinski definition) is 6. The highest BCUT2D eigenvalue weighted by Crippen LogP contribution is 2.30. The number of carbonyl (C=O) groups is 1. The molecule has 2 aromatic carbocycles. The monoisotopic (exact) mass is 447 g/mol. The molecule has 0 saturated carbocycles. The second-order valence-corrected chi connectivity index (χ2v) is 9.69. The number of fused-ring (bicyclic) bond motifs is 1. The molecule has 0 radical (unpaired) electrons. The summed E-state index contributed by atoms with van der Waals surface area (Å²) >= 11 is 0. The maximum atomic E-state index is 13.1. The van der Waals surface area contributed by atoms with E-state index in [0.29, 0.717) is 18.7 Å². The van der Waals surface area contributed by atoms with E-state index in [0.717, 1.165) is 38.4 Å². The van der Waals surface area contributed by atoms with Crippen LogP contribution in [0.4, 0.5) is 10.1 Å². The van der Waals surface area contributed by atoms with Crippen LogP contribution in [0, 0.1) is 5.82 Å².